The first kappa shape index (κ1) is 14.9. The van der Waals surface area contributed by atoms with E-state index >= 15 is 0 Å². The van der Waals surface area contributed by atoms with E-state index in [1.807, 2.05) is 6.92 Å². The van der Waals surface area contributed by atoms with Crippen molar-refractivity contribution < 1.29 is 13.2 Å². The van der Waals surface area contributed by atoms with E-state index in [9.17, 15) is 8.42 Å². The van der Waals surface area contributed by atoms with Gasteiger partial charge in [0.15, 0.2) is 0 Å². The Bertz CT molecular complexity index is 305. The van der Waals surface area contributed by atoms with Gasteiger partial charge in [-0.3, -0.25) is 0 Å². The van der Waals surface area contributed by atoms with Crippen LogP contribution < -0.4 is 10.0 Å². The van der Waals surface area contributed by atoms with E-state index in [4.69, 9.17) is 4.74 Å². The average molecular weight is 264 g/mol. The second kappa shape index (κ2) is 6.68. The highest BCUT2D eigenvalue weighted by atomic mass is 32.2. The highest BCUT2D eigenvalue weighted by Crippen LogP contribution is 2.19. The summed E-state index contributed by atoms with van der Waals surface area (Å²) in [5, 5.41) is 3.27. The SMILES string of the molecule is CCCC1(CNS(=O)(=O)CCC)CNCCO1. The molecule has 5 nitrogen and oxygen atoms in total. The van der Waals surface area contributed by atoms with E-state index in [1.54, 1.807) is 0 Å². The van der Waals surface area contributed by atoms with E-state index in [2.05, 4.69) is 17.0 Å². The molecule has 1 aliphatic heterocycles. The lowest BCUT2D eigenvalue weighted by Crippen LogP contribution is -2.56. The van der Waals surface area contributed by atoms with Crippen LogP contribution in [0.25, 0.3) is 0 Å². The summed E-state index contributed by atoms with van der Waals surface area (Å²) >= 11 is 0. The highest BCUT2D eigenvalue weighted by Gasteiger charge is 2.33. The number of ether oxygens (including phenoxy) is 1. The molecule has 0 saturated carbocycles. The van der Waals surface area contributed by atoms with Crippen LogP contribution in [0, 0.1) is 0 Å². The summed E-state index contributed by atoms with van der Waals surface area (Å²) in [6.07, 6.45) is 2.49. The Morgan fingerprint density at radius 2 is 2.12 bits per heavy atom. The molecule has 1 unspecified atom stereocenters. The number of hydrogen-bond acceptors (Lipinski definition) is 4. The van der Waals surface area contributed by atoms with Crippen LogP contribution in [0.5, 0.6) is 0 Å². The molecule has 1 heterocycles. The lowest BCUT2D eigenvalue weighted by molar-refractivity contribution is -0.0668. The summed E-state index contributed by atoms with van der Waals surface area (Å²) in [5.41, 5.74) is -0.367. The maximum Gasteiger partial charge on any atom is 0.211 e. The van der Waals surface area contributed by atoms with Crippen molar-refractivity contribution in [1.29, 1.82) is 0 Å². The smallest absolute Gasteiger partial charge is 0.211 e. The van der Waals surface area contributed by atoms with Gasteiger partial charge in [-0.05, 0) is 12.8 Å². The number of sulfonamides is 1. The van der Waals surface area contributed by atoms with Gasteiger partial charge in [0.1, 0.15) is 0 Å². The molecule has 0 aromatic carbocycles. The van der Waals surface area contributed by atoms with E-state index in [0.29, 0.717) is 19.6 Å². The molecule has 2 N–H and O–H groups in total. The first-order chi connectivity index (χ1) is 8.04. The zero-order chi connectivity index (χ0) is 12.8. The minimum Gasteiger partial charge on any atom is -0.371 e. The van der Waals surface area contributed by atoms with Crippen LogP contribution in [0.4, 0.5) is 0 Å². The summed E-state index contributed by atoms with van der Waals surface area (Å²) in [5.74, 6) is 0.183. The topological polar surface area (TPSA) is 67.4 Å². The fourth-order valence-electron chi connectivity index (χ4n) is 2.11. The summed E-state index contributed by atoms with van der Waals surface area (Å²) in [6, 6.07) is 0. The van der Waals surface area contributed by atoms with E-state index in [0.717, 1.165) is 25.9 Å². The molecule has 1 fully saturated rings. The van der Waals surface area contributed by atoms with Crippen molar-refractivity contribution >= 4 is 10.0 Å². The fourth-order valence-corrected chi connectivity index (χ4v) is 3.27. The Morgan fingerprint density at radius 3 is 2.65 bits per heavy atom. The minimum absolute atomic E-state index is 0.183. The van der Waals surface area contributed by atoms with Crippen LogP contribution in [-0.4, -0.2) is 46.0 Å². The largest absolute Gasteiger partial charge is 0.371 e. The normalized spacial score (nSPS) is 26.0. The summed E-state index contributed by atoms with van der Waals surface area (Å²) in [4.78, 5) is 0. The molecule has 1 atom stereocenters. The van der Waals surface area contributed by atoms with Crippen molar-refractivity contribution in [2.75, 3.05) is 32.0 Å². The zero-order valence-electron chi connectivity index (χ0n) is 10.8. The van der Waals surface area contributed by atoms with Crippen LogP contribution in [0.1, 0.15) is 33.1 Å². The molecule has 0 aromatic heterocycles. The molecule has 0 aromatic rings. The lowest BCUT2D eigenvalue weighted by Gasteiger charge is -2.37. The molecular formula is C11H24N2O3S. The Hall–Kier alpha value is -0.170. The van der Waals surface area contributed by atoms with Gasteiger partial charge < -0.3 is 10.1 Å². The highest BCUT2D eigenvalue weighted by molar-refractivity contribution is 7.89. The number of hydrogen-bond donors (Lipinski definition) is 2. The molecule has 0 bridgehead atoms. The van der Waals surface area contributed by atoms with E-state index in [-0.39, 0.29) is 11.4 Å². The van der Waals surface area contributed by atoms with E-state index in [1.165, 1.54) is 0 Å². The Morgan fingerprint density at radius 1 is 1.35 bits per heavy atom. The maximum absolute atomic E-state index is 11.6. The van der Waals surface area contributed by atoms with Crippen molar-refractivity contribution in [3.63, 3.8) is 0 Å². The number of morpholine rings is 1. The second-order valence-corrected chi connectivity index (χ2v) is 6.52. The second-order valence-electron chi connectivity index (χ2n) is 4.60. The third-order valence-corrected chi connectivity index (χ3v) is 4.46. The third-order valence-electron chi connectivity index (χ3n) is 2.93. The summed E-state index contributed by atoms with van der Waals surface area (Å²) in [6.45, 7) is 6.52. The quantitative estimate of drug-likeness (QED) is 0.701. The van der Waals surface area contributed by atoms with Crippen molar-refractivity contribution in [1.82, 2.24) is 10.0 Å². The lowest BCUT2D eigenvalue weighted by atomic mass is 9.97. The molecule has 6 heteroatoms. The third kappa shape index (κ3) is 4.91. The Kier molecular flexibility index (Phi) is 5.85. The standard InChI is InChI=1S/C11H24N2O3S/c1-3-5-11(9-12-6-7-16-11)10-13-17(14,15)8-4-2/h12-13H,3-10H2,1-2H3. The molecule has 0 aliphatic carbocycles. The molecule has 0 amide bonds. The van der Waals surface area contributed by atoms with Gasteiger partial charge in [0.25, 0.3) is 0 Å². The van der Waals surface area contributed by atoms with Crippen LogP contribution in [0.3, 0.4) is 0 Å². The van der Waals surface area contributed by atoms with Gasteiger partial charge >= 0.3 is 0 Å². The zero-order valence-corrected chi connectivity index (χ0v) is 11.6. The van der Waals surface area contributed by atoms with Gasteiger partial charge in [0.2, 0.25) is 10.0 Å². The van der Waals surface area contributed by atoms with Crippen molar-refractivity contribution in [2.24, 2.45) is 0 Å². The van der Waals surface area contributed by atoms with Crippen LogP contribution in [0.15, 0.2) is 0 Å². The van der Waals surface area contributed by atoms with Crippen LogP contribution >= 0.6 is 0 Å². The van der Waals surface area contributed by atoms with Gasteiger partial charge in [-0.15, -0.1) is 0 Å². The minimum atomic E-state index is -3.15. The van der Waals surface area contributed by atoms with Gasteiger partial charge in [-0.2, -0.15) is 0 Å². The molecule has 1 rings (SSSR count). The molecular weight excluding hydrogens is 240 g/mol. The van der Waals surface area contributed by atoms with E-state index < -0.39 is 10.0 Å². The van der Waals surface area contributed by atoms with Gasteiger partial charge in [-0.25, -0.2) is 13.1 Å². The first-order valence-corrected chi connectivity index (χ1v) is 8.01. The van der Waals surface area contributed by atoms with Crippen LogP contribution in [-0.2, 0) is 14.8 Å². The molecule has 1 saturated heterocycles. The molecule has 1 aliphatic rings. The summed E-state index contributed by atoms with van der Waals surface area (Å²) in [7, 11) is -3.15. The Balaban J connectivity index is 2.55. The van der Waals surface area contributed by atoms with Crippen molar-refractivity contribution in [2.45, 2.75) is 38.7 Å². The predicted molar refractivity (Wildman–Crippen MR) is 68.5 cm³/mol. The van der Waals surface area contributed by atoms with Crippen LogP contribution in [0.2, 0.25) is 0 Å². The average Bonchev–Trinajstić information content (AvgIpc) is 2.29. The summed E-state index contributed by atoms with van der Waals surface area (Å²) < 4.78 is 31.7. The van der Waals surface area contributed by atoms with Gasteiger partial charge in [-0.1, -0.05) is 20.3 Å². The molecule has 0 spiro atoms. The van der Waals surface area contributed by atoms with Crippen molar-refractivity contribution in [3.8, 4) is 0 Å². The fraction of sp³-hybridized carbons (Fsp3) is 1.00. The predicted octanol–water partition coefficient (Wildman–Crippen LogP) is 0.475. The van der Waals surface area contributed by atoms with Gasteiger partial charge in [0, 0.05) is 19.6 Å². The maximum atomic E-state index is 11.6. The molecule has 0 radical (unpaired) electrons. The Labute approximate surface area is 104 Å². The number of rotatable bonds is 7. The molecule has 102 valence electrons. The van der Waals surface area contributed by atoms with Gasteiger partial charge in [0.05, 0.1) is 18.0 Å². The monoisotopic (exact) mass is 264 g/mol. The number of nitrogens with one attached hydrogen (secondary N) is 2. The molecule has 17 heavy (non-hydrogen) atoms. The first-order valence-electron chi connectivity index (χ1n) is 6.35. The van der Waals surface area contributed by atoms with Crippen molar-refractivity contribution in [3.05, 3.63) is 0 Å².